The molecule has 5 fully saturated rings. The van der Waals surface area contributed by atoms with Crippen molar-refractivity contribution in [1.82, 2.24) is 5.32 Å². The van der Waals surface area contributed by atoms with E-state index in [1.165, 1.54) is 50.5 Å². The average molecular weight is 367 g/mol. The van der Waals surface area contributed by atoms with Crippen LogP contribution in [0.4, 0.5) is 0 Å². The highest BCUT2D eigenvalue weighted by Crippen LogP contribution is 2.62. The van der Waals surface area contributed by atoms with E-state index in [1.54, 1.807) is 0 Å². The summed E-state index contributed by atoms with van der Waals surface area (Å²) in [6, 6.07) is 11.5. The van der Waals surface area contributed by atoms with Gasteiger partial charge in [0.05, 0.1) is 0 Å². The lowest BCUT2D eigenvalue weighted by Gasteiger charge is -2.60. The highest BCUT2D eigenvalue weighted by molar-refractivity contribution is 5.79. The Labute approximate surface area is 163 Å². The van der Waals surface area contributed by atoms with E-state index in [0.29, 0.717) is 35.1 Å². The minimum atomic E-state index is 0.268. The molecule has 0 heterocycles. The van der Waals surface area contributed by atoms with Crippen molar-refractivity contribution in [2.45, 2.75) is 69.2 Å². The van der Waals surface area contributed by atoms with Gasteiger partial charge in [-0.25, -0.2) is 0 Å². The van der Waals surface area contributed by atoms with Crippen molar-refractivity contribution in [3.05, 3.63) is 35.9 Å². The van der Waals surface area contributed by atoms with Crippen LogP contribution in [0.25, 0.3) is 0 Å². The molecule has 4 bridgehead atoms. The second-order valence-corrected chi connectivity index (χ2v) is 10.2. The predicted octanol–water partition coefficient (Wildman–Crippen LogP) is 4.01. The monoisotopic (exact) mass is 366 g/mol. The van der Waals surface area contributed by atoms with Gasteiger partial charge in [0.25, 0.3) is 0 Å². The molecule has 2 unspecified atom stereocenters. The van der Waals surface area contributed by atoms with E-state index >= 15 is 0 Å². The van der Waals surface area contributed by atoms with Gasteiger partial charge in [-0.15, -0.1) is 0 Å². The molecule has 146 valence electrons. The van der Waals surface area contributed by atoms with Crippen LogP contribution in [0.15, 0.2) is 30.3 Å². The molecule has 5 aliphatic rings. The fourth-order valence-electron chi connectivity index (χ4n) is 7.35. The molecule has 6 rings (SSSR count). The van der Waals surface area contributed by atoms with Gasteiger partial charge in [0.15, 0.2) is 0 Å². The van der Waals surface area contributed by atoms with E-state index in [4.69, 9.17) is 5.73 Å². The van der Waals surface area contributed by atoms with E-state index in [2.05, 4.69) is 35.6 Å². The van der Waals surface area contributed by atoms with Crippen molar-refractivity contribution < 1.29 is 4.79 Å². The van der Waals surface area contributed by atoms with Gasteiger partial charge in [-0.05, 0) is 92.4 Å². The van der Waals surface area contributed by atoms with Crippen LogP contribution in [0.3, 0.4) is 0 Å². The Morgan fingerprint density at radius 3 is 2.33 bits per heavy atom. The van der Waals surface area contributed by atoms with Crippen molar-refractivity contribution in [2.24, 2.45) is 35.3 Å². The van der Waals surface area contributed by atoms with Gasteiger partial charge in [-0.2, -0.15) is 0 Å². The summed E-state index contributed by atoms with van der Waals surface area (Å²) in [4.78, 5) is 13.1. The molecule has 0 radical (unpaired) electrons. The fourth-order valence-corrected chi connectivity index (χ4v) is 7.35. The zero-order valence-electron chi connectivity index (χ0n) is 16.4. The lowest BCUT2D eigenvalue weighted by atomic mass is 9.44. The third-order valence-electron chi connectivity index (χ3n) is 8.42. The summed E-state index contributed by atoms with van der Waals surface area (Å²) in [6.45, 7) is 0.870. The topological polar surface area (TPSA) is 55.1 Å². The first-order valence-corrected chi connectivity index (χ1v) is 11.2. The normalized spacial score (nSPS) is 42.9. The van der Waals surface area contributed by atoms with Gasteiger partial charge in [0.2, 0.25) is 5.91 Å². The summed E-state index contributed by atoms with van der Waals surface area (Å²) >= 11 is 0. The van der Waals surface area contributed by atoms with Crippen molar-refractivity contribution in [1.29, 1.82) is 0 Å². The maximum atomic E-state index is 13.1. The minimum Gasteiger partial charge on any atom is -0.356 e. The van der Waals surface area contributed by atoms with Gasteiger partial charge < -0.3 is 11.1 Å². The molecule has 0 aliphatic heterocycles. The Bertz CT molecular complexity index is 663. The van der Waals surface area contributed by atoms with E-state index in [9.17, 15) is 4.79 Å². The third kappa shape index (κ3) is 3.22. The van der Waals surface area contributed by atoms with Crippen LogP contribution in [0.1, 0.15) is 63.4 Å². The standard InChI is InChI=1S/C24H34N2O/c25-21-8-6-16(7-9-21)15-26-23(27)22-18-10-17-11-19(22)14-24(12-17,13-18)20-4-2-1-3-5-20/h1-5,16-19,21-22H,6-15,25H2,(H,26,27). The Morgan fingerprint density at radius 2 is 1.67 bits per heavy atom. The molecule has 0 spiro atoms. The van der Waals surface area contributed by atoms with Crippen LogP contribution in [0.5, 0.6) is 0 Å². The number of rotatable bonds is 4. The van der Waals surface area contributed by atoms with Crippen LogP contribution in [0.2, 0.25) is 0 Å². The number of hydrogen-bond donors (Lipinski definition) is 2. The summed E-state index contributed by atoms with van der Waals surface area (Å²) in [5.41, 5.74) is 7.91. The van der Waals surface area contributed by atoms with Gasteiger partial charge >= 0.3 is 0 Å². The van der Waals surface area contributed by atoms with Crippen molar-refractivity contribution in [3.63, 3.8) is 0 Å². The summed E-state index contributed by atoms with van der Waals surface area (Å²) in [6.07, 6.45) is 11.0. The quantitative estimate of drug-likeness (QED) is 0.846. The predicted molar refractivity (Wildman–Crippen MR) is 108 cm³/mol. The van der Waals surface area contributed by atoms with E-state index in [-0.39, 0.29) is 5.92 Å². The van der Waals surface area contributed by atoms with Crippen LogP contribution in [0, 0.1) is 29.6 Å². The third-order valence-corrected chi connectivity index (χ3v) is 8.42. The molecule has 3 N–H and O–H groups in total. The van der Waals surface area contributed by atoms with Crippen LogP contribution in [-0.2, 0) is 10.2 Å². The molecule has 0 saturated heterocycles. The Hall–Kier alpha value is -1.35. The summed E-state index contributed by atoms with van der Waals surface area (Å²) < 4.78 is 0. The Kier molecular flexibility index (Phi) is 4.54. The highest BCUT2D eigenvalue weighted by atomic mass is 16.1. The second-order valence-electron chi connectivity index (χ2n) is 10.2. The molecule has 5 saturated carbocycles. The molecular weight excluding hydrogens is 332 g/mol. The molecule has 3 nitrogen and oxygen atoms in total. The number of hydrogen-bond acceptors (Lipinski definition) is 2. The highest BCUT2D eigenvalue weighted by Gasteiger charge is 2.57. The molecular formula is C24H34N2O. The molecule has 5 aliphatic carbocycles. The summed E-state index contributed by atoms with van der Waals surface area (Å²) in [7, 11) is 0. The second kappa shape index (κ2) is 6.92. The number of nitrogens with two attached hydrogens (primary N) is 1. The van der Waals surface area contributed by atoms with E-state index in [1.807, 2.05) is 0 Å². The lowest BCUT2D eigenvalue weighted by molar-refractivity contribution is -0.140. The Morgan fingerprint density at radius 1 is 1.00 bits per heavy atom. The molecule has 1 amide bonds. The van der Waals surface area contributed by atoms with Crippen molar-refractivity contribution in [2.75, 3.05) is 6.54 Å². The van der Waals surface area contributed by atoms with Crippen LogP contribution < -0.4 is 11.1 Å². The number of nitrogens with one attached hydrogen (secondary N) is 1. The molecule has 0 aromatic heterocycles. The maximum absolute atomic E-state index is 13.1. The number of amides is 1. The number of carbonyl (C=O) groups excluding carboxylic acids is 1. The average Bonchev–Trinajstić information content (AvgIpc) is 2.67. The zero-order chi connectivity index (χ0) is 18.4. The van der Waals surface area contributed by atoms with Crippen LogP contribution >= 0.6 is 0 Å². The van der Waals surface area contributed by atoms with Crippen LogP contribution in [-0.4, -0.2) is 18.5 Å². The number of carbonyl (C=O) groups is 1. The van der Waals surface area contributed by atoms with Gasteiger partial charge in [-0.1, -0.05) is 30.3 Å². The molecule has 3 heteroatoms. The van der Waals surface area contributed by atoms with Gasteiger partial charge in [-0.3, -0.25) is 4.79 Å². The first-order chi connectivity index (χ1) is 13.1. The van der Waals surface area contributed by atoms with E-state index in [0.717, 1.165) is 25.3 Å². The van der Waals surface area contributed by atoms with Gasteiger partial charge in [0.1, 0.15) is 0 Å². The first-order valence-electron chi connectivity index (χ1n) is 11.2. The Balaban J connectivity index is 1.26. The molecule has 1 aromatic rings. The van der Waals surface area contributed by atoms with Crippen molar-refractivity contribution >= 4 is 5.91 Å². The zero-order valence-corrected chi connectivity index (χ0v) is 16.4. The molecule has 2 atom stereocenters. The minimum absolute atomic E-state index is 0.268. The first kappa shape index (κ1) is 17.7. The van der Waals surface area contributed by atoms with Gasteiger partial charge in [0, 0.05) is 18.5 Å². The molecule has 27 heavy (non-hydrogen) atoms. The summed E-state index contributed by atoms with van der Waals surface area (Å²) in [5.74, 6) is 3.30. The summed E-state index contributed by atoms with van der Waals surface area (Å²) in [5, 5.41) is 3.37. The van der Waals surface area contributed by atoms with Crippen molar-refractivity contribution in [3.8, 4) is 0 Å². The van der Waals surface area contributed by atoms with E-state index < -0.39 is 0 Å². The smallest absolute Gasteiger partial charge is 0.223 e. The fraction of sp³-hybridized carbons (Fsp3) is 0.708. The number of benzene rings is 1. The largest absolute Gasteiger partial charge is 0.356 e. The maximum Gasteiger partial charge on any atom is 0.223 e. The lowest BCUT2D eigenvalue weighted by Crippen LogP contribution is -2.57. The molecule has 1 aromatic carbocycles. The SMILES string of the molecule is NC1CCC(CNC(=O)C2C3CC4CC2CC(c2ccccc2)(C4)C3)CC1.